The van der Waals surface area contributed by atoms with Crippen LogP contribution in [0.15, 0.2) is 48.8 Å². The second-order valence-electron chi connectivity index (χ2n) is 12.4. The molecule has 3 fully saturated rings. The van der Waals surface area contributed by atoms with Gasteiger partial charge >= 0.3 is 6.18 Å². The summed E-state index contributed by atoms with van der Waals surface area (Å²) >= 11 is 0. The first-order valence-corrected chi connectivity index (χ1v) is 14.9. The van der Waals surface area contributed by atoms with Gasteiger partial charge in [0.15, 0.2) is 5.60 Å². The number of aryl methyl sites for hydroxylation is 1. The van der Waals surface area contributed by atoms with Crippen LogP contribution < -0.4 is 26.2 Å². The summed E-state index contributed by atoms with van der Waals surface area (Å²) in [7, 11) is 1.78. The maximum atomic E-state index is 14.8. The van der Waals surface area contributed by atoms with Crippen LogP contribution in [0.3, 0.4) is 0 Å². The zero-order valence-corrected chi connectivity index (χ0v) is 25.3. The van der Waals surface area contributed by atoms with Crippen LogP contribution in [0, 0.1) is 23.2 Å². The third-order valence-corrected chi connectivity index (χ3v) is 9.20. The van der Waals surface area contributed by atoms with Crippen LogP contribution in [0.25, 0.3) is 0 Å². The molecule has 3 heterocycles. The van der Waals surface area contributed by atoms with Crippen molar-refractivity contribution >= 4 is 17.5 Å². The van der Waals surface area contributed by atoms with Crippen molar-refractivity contribution in [3.05, 3.63) is 71.3 Å². The molecule has 5 unspecified atom stereocenters. The number of hydrazine groups is 1. The maximum Gasteiger partial charge on any atom is 0.417 e. The molecule has 2 aromatic carbocycles. The van der Waals surface area contributed by atoms with Gasteiger partial charge in [0, 0.05) is 42.7 Å². The van der Waals surface area contributed by atoms with Crippen LogP contribution in [0.4, 0.5) is 23.2 Å². The number of anilines is 1. The Balaban J connectivity index is 1.17. The van der Waals surface area contributed by atoms with Crippen molar-refractivity contribution in [2.75, 3.05) is 11.9 Å². The lowest BCUT2D eigenvalue weighted by molar-refractivity contribution is -0.139. The fraction of sp³-hybridized carbons (Fsp3) is 0.452. The first-order chi connectivity index (χ1) is 22.3. The lowest BCUT2D eigenvalue weighted by Gasteiger charge is -2.55. The third-order valence-electron chi connectivity index (χ3n) is 9.20. The van der Waals surface area contributed by atoms with Gasteiger partial charge in [-0.25, -0.2) is 14.8 Å². The number of aliphatic hydroxyl groups is 1. The number of halogens is 4. The van der Waals surface area contributed by atoms with Crippen molar-refractivity contribution in [1.29, 1.82) is 5.26 Å². The molecular formula is C31H32F4N8O4. The Bertz CT molecular complexity index is 1710. The first kappa shape index (κ1) is 32.4. The molecule has 3 aromatic rings. The number of nitriles is 1. The molecule has 47 heavy (non-hydrogen) atoms. The first-order valence-electron chi connectivity index (χ1n) is 14.9. The monoisotopic (exact) mass is 656 g/mol. The van der Waals surface area contributed by atoms with Gasteiger partial charge in [-0.15, -0.1) is 0 Å². The molecule has 1 aromatic heterocycles. The fourth-order valence-electron chi connectivity index (χ4n) is 6.92. The number of alkyl halides is 4. The zero-order valence-electron chi connectivity index (χ0n) is 25.3. The Kier molecular flexibility index (Phi) is 8.41. The van der Waals surface area contributed by atoms with Crippen molar-refractivity contribution in [2.45, 2.75) is 61.8 Å². The van der Waals surface area contributed by atoms with Crippen molar-refractivity contribution in [2.24, 2.45) is 18.9 Å². The van der Waals surface area contributed by atoms with E-state index in [1.807, 2.05) is 0 Å². The van der Waals surface area contributed by atoms with E-state index >= 15 is 0 Å². The van der Waals surface area contributed by atoms with Gasteiger partial charge in [0.2, 0.25) is 5.91 Å². The van der Waals surface area contributed by atoms with Crippen molar-refractivity contribution < 1.29 is 37.0 Å². The smallest absolute Gasteiger partial charge is 0.417 e. The molecule has 16 heteroatoms. The van der Waals surface area contributed by atoms with Gasteiger partial charge in [-0.05, 0) is 55.7 Å². The number of carbonyl (C=O) groups is 2. The minimum absolute atomic E-state index is 0.152. The summed E-state index contributed by atoms with van der Waals surface area (Å²) in [4.78, 5) is 30.0. The molecule has 2 saturated heterocycles. The second-order valence-corrected chi connectivity index (χ2v) is 12.4. The highest BCUT2D eigenvalue weighted by Crippen LogP contribution is 2.48. The molecule has 2 aliphatic heterocycles. The molecule has 8 atom stereocenters. The quantitative estimate of drug-likeness (QED) is 0.240. The van der Waals surface area contributed by atoms with E-state index < -0.39 is 47.5 Å². The summed E-state index contributed by atoms with van der Waals surface area (Å²) in [5.74, 6) is -1.25. The standard InChI is InChI=1S/C31H32F4N8O4/c1-30(46,29(45)39-18-6-3-16(12-36)21(11-18)31(33,34)35)13-47-19-7-4-15(5-8-19)25-24(27-37-14-38-43(27)2)26-23-20(28(44)42-41-26)9-17(32)10-22(23)40-25/h3-8,11,14,17,20,22-26,40-41,46H,9-10,13H2,1-2H3,(H,39,45)(H,42,44)/t17?,20?,22?,23?,24-,25-,26?,30-/m0/s1. The molecule has 5 N–H and O–H groups in total. The Morgan fingerprint density at radius 1 is 1.21 bits per heavy atom. The molecule has 3 aliphatic rings. The van der Waals surface area contributed by atoms with E-state index in [4.69, 9.17) is 10.00 Å². The summed E-state index contributed by atoms with van der Waals surface area (Å²) in [5, 5.41) is 29.9. The third kappa shape index (κ3) is 6.25. The zero-order chi connectivity index (χ0) is 33.7. The highest BCUT2D eigenvalue weighted by Gasteiger charge is 2.56. The van der Waals surface area contributed by atoms with Gasteiger partial charge in [-0.2, -0.15) is 23.5 Å². The van der Waals surface area contributed by atoms with Crippen LogP contribution in [-0.2, 0) is 22.8 Å². The Morgan fingerprint density at radius 2 is 1.96 bits per heavy atom. The summed E-state index contributed by atoms with van der Waals surface area (Å²) < 4.78 is 62.2. The van der Waals surface area contributed by atoms with Gasteiger partial charge in [0.1, 0.15) is 30.7 Å². The van der Waals surface area contributed by atoms with Crippen LogP contribution in [0.5, 0.6) is 5.75 Å². The number of piperidine rings is 1. The Hall–Kier alpha value is -4.59. The maximum absolute atomic E-state index is 14.8. The SMILES string of the molecule is Cn1ncnc1[C@@H]1C2NNC(=O)C3CC(F)CC(N[C@H]1c1ccc(OC[C@](C)(O)C(=O)Nc4ccc(C#N)c(C(F)(F)F)c4)cc1)C32. The molecule has 2 amide bonds. The number of rotatable bonds is 7. The van der Waals surface area contributed by atoms with E-state index in [0.717, 1.165) is 24.6 Å². The normalized spacial score (nSPS) is 28.3. The second kappa shape index (κ2) is 12.2. The number of benzene rings is 2. The van der Waals surface area contributed by atoms with Crippen molar-refractivity contribution in [1.82, 2.24) is 30.9 Å². The minimum atomic E-state index is -4.82. The van der Waals surface area contributed by atoms with Gasteiger partial charge in [0.05, 0.1) is 23.1 Å². The summed E-state index contributed by atoms with van der Waals surface area (Å²) in [6.07, 6.45) is -4.09. The van der Waals surface area contributed by atoms with Crippen LogP contribution in [0.1, 0.15) is 54.2 Å². The van der Waals surface area contributed by atoms with E-state index in [9.17, 15) is 32.3 Å². The van der Waals surface area contributed by atoms with Gasteiger partial charge < -0.3 is 20.5 Å². The summed E-state index contributed by atoms with van der Waals surface area (Å²) in [5.41, 5.74) is 2.52. The lowest BCUT2D eigenvalue weighted by atomic mass is 9.62. The number of nitrogens with one attached hydrogen (secondary N) is 4. The number of aromatic nitrogens is 3. The predicted molar refractivity (Wildman–Crippen MR) is 157 cm³/mol. The molecule has 0 radical (unpaired) electrons. The molecule has 1 saturated carbocycles. The molecular weight excluding hydrogens is 624 g/mol. The average molecular weight is 657 g/mol. The van der Waals surface area contributed by atoms with Gasteiger partial charge in [0.25, 0.3) is 5.91 Å². The van der Waals surface area contributed by atoms with E-state index in [2.05, 4.69) is 31.6 Å². The minimum Gasteiger partial charge on any atom is -0.490 e. The lowest BCUT2D eigenvalue weighted by Crippen LogP contribution is -2.71. The van der Waals surface area contributed by atoms with Crippen LogP contribution >= 0.6 is 0 Å². The number of ether oxygens (including phenoxy) is 1. The van der Waals surface area contributed by atoms with E-state index in [0.29, 0.717) is 17.6 Å². The largest absolute Gasteiger partial charge is 0.490 e. The number of hydrogen-bond acceptors (Lipinski definition) is 9. The predicted octanol–water partition coefficient (Wildman–Crippen LogP) is 2.64. The average Bonchev–Trinajstić information content (AvgIpc) is 3.46. The van der Waals surface area contributed by atoms with Crippen LogP contribution in [-0.4, -0.2) is 62.1 Å². The highest BCUT2D eigenvalue weighted by atomic mass is 19.4. The number of hydrogen-bond donors (Lipinski definition) is 5. The molecule has 0 bridgehead atoms. The molecule has 12 nitrogen and oxygen atoms in total. The van der Waals surface area contributed by atoms with Crippen molar-refractivity contribution in [3.63, 3.8) is 0 Å². The summed E-state index contributed by atoms with van der Waals surface area (Å²) in [6, 6.07) is 10.1. The molecule has 1 aliphatic carbocycles. The van der Waals surface area contributed by atoms with E-state index in [1.54, 1.807) is 36.0 Å². The molecule has 248 valence electrons. The molecule has 6 rings (SSSR count). The van der Waals surface area contributed by atoms with E-state index in [-0.39, 0.29) is 54.4 Å². The Labute approximate surface area is 266 Å². The van der Waals surface area contributed by atoms with Crippen LogP contribution in [0.2, 0.25) is 0 Å². The number of nitrogens with zero attached hydrogens (tertiary/aromatic N) is 4. The Morgan fingerprint density at radius 3 is 2.62 bits per heavy atom. The highest BCUT2D eigenvalue weighted by molar-refractivity contribution is 5.97. The number of amides is 2. The molecule has 0 spiro atoms. The van der Waals surface area contributed by atoms with Gasteiger partial charge in [-0.3, -0.25) is 19.7 Å². The topological polar surface area (TPSA) is 166 Å². The van der Waals surface area contributed by atoms with Gasteiger partial charge in [-0.1, -0.05) is 12.1 Å². The van der Waals surface area contributed by atoms with Crippen molar-refractivity contribution in [3.8, 4) is 11.8 Å². The fourth-order valence-corrected chi connectivity index (χ4v) is 6.92. The summed E-state index contributed by atoms with van der Waals surface area (Å²) in [6.45, 7) is 0.628. The number of carbonyl (C=O) groups excluding carboxylic acids is 2. The van der Waals surface area contributed by atoms with E-state index in [1.165, 1.54) is 12.4 Å².